The van der Waals surface area contributed by atoms with E-state index >= 15 is 0 Å². The van der Waals surface area contributed by atoms with E-state index < -0.39 is 5.97 Å². The summed E-state index contributed by atoms with van der Waals surface area (Å²) in [5.41, 5.74) is 2.03. The monoisotopic (exact) mass is 190 g/mol. The van der Waals surface area contributed by atoms with E-state index in [1.165, 1.54) is 0 Å². The molecule has 72 valence electrons. The first kappa shape index (κ1) is 8.74. The lowest BCUT2D eigenvalue weighted by Gasteiger charge is -1.94. The minimum Gasteiger partial charge on any atom is -0.478 e. The summed E-state index contributed by atoms with van der Waals surface area (Å²) in [6.07, 6.45) is 0.840. The Morgan fingerprint density at radius 2 is 2.36 bits per heavy atom. The van der Waals surface area contributed by atoms with Crippen LogP contribution in [0, 0.1) is 0 Å². The van der Waals surface area contributed by atoms with Crippen LogP contribution >= 0.6 is 0 Å². The molecule has 0 saturated carbocycles. The van der Waals surface area contributed by atoms with E-state index in [0.29, 0.717) is 0 Å². The van der Waals surface area contributed by atoms with E-state index in [1.54, 1.807) is 18.2 Å². The van der Waals surface area contributed by atoms with Crippen LogP contribution in [0.5, 0.6) is 0 Å². The van der Waals surface area contributed by atoms with Gasteiger partial charge < -0.3 is 5.11 Å². The van der Waals surface area contributed by atoms with Gasteiger partial charge >= 0.3 is 5.97 Å². The number of carbonyl (C=O) groups is 1. The van der Waals surface area contributed by atoms with Crippen molar-refractivity contribution < 1.29 is 9.90 Å². The normalized spacial score (nSPS) is 10.6. The summed E-state index contributed by atoms with van der Waals surface area (Å²) in [5, 5.41) is 16.7. The van der Waals surface area contributed by atoms with Gasteiger partial charge in [-0.2, -0.15) is 5.10 Å². The lowest BCUT2D eigenvalue weighted by atomic mass is 10.1. The van der Waals surface area contributed by atoms with Crippen molar-refractivity contribution in [1.29, 1.82) is 0 Å². The number of aromatic carboxylic acids is 1. The van der Waals surface area contributed by atoms with E-state index in [2.05, 4.69) is 10.2 Å². The Balaban J connectivity index is 2.63. The molecule has 14 heavy (non-hydrogen) atoms. The van der Waals surface area contributed by atoms with Gasteiger partial charge in [0, 0.05) is 5.39 Å². The number of aromatic amines is 1. The van der Waals surface area contributed by atoms with E-state index in [-0.39, 0.29) is 5.56 Å². The SMILES string of the molecule is CCc1n[nH]c2cc(C(=O)O)ccc12. The number of benzene rings is 1. The van der Waals surface area contributed by atoms with Gasteiger partial charge in [0.2, 0.25) is 0 Å². The van der Waals surface area contributed by atoms with Crippen LogP contribution in [0.2, 0.25) is 0 Å². The molecule has 0 aliphatic carbocycles. The minimum atomic E-state index is -0.917. The fraction of sp³-hybridized carbons (Fsp3) is 0.200. The maximum Gasteiger partial charge on any atom is 0.335 e. The highest BCUT2D eigenvalue weighted by Gasteiger charge is 2.07. The summed E-state index contributed by atoms with van der Waals surface area (Å²) in [6.45, 7) is 2.01. The smallest absolute Gasteiger partial charge is 0.335 e. The number of aryl methyl sites for hydroxylation is 1. The molecule has 0 unspecified atom stereocenters. The van der Waals surface area contributed by atoms with Crippen LogP contribution in [0.1, 0.15) is 23.0 Å². The molecule has 0 aliphatic rings. The van der Waals surface area contributed by atoms with Crippen LogP contribution in [-0.4, -0.2) is 21.3 Å². The van der Waals surface area contributed by atoms with Crippen molar-refractivity contribution in [3.8, 4) is 0 Å². The van der Waals surface area contributed by atoms with Crippen molar-refractivity contribution in [2.45, 2.75) is 13.3 Å². The molecule has 0 fully saturated rings. The second-order valence-corrected chi connectivity index (χ2v) is 3.09. The van der Waals surface area contributed by atoms with Crippen LogP contribution in [0.4, 0.5) is 0 Å². The molecule has 0 atom stereocenters. The molecule has 2 rings (SSSR count). The standard InChI is InChI=1S/C10H10N2O2/c1-2-8-7-4-3-6(10(13)14)5-9(7)12-11-8/h3-5H,2H2,1H3,(H,11,12)(H,13,14). The van der Waals surface area contributed by atoms with Crippen LogP contribution in [0.15, 0.2) is 18.2 Å². The van der Waals surface area contributed by atoms with Gasteiger partial charge in [-0.25, -0.2) is 4.79 Å². The molecule has 1 heterocycles. The molecular weight excluding hydrogens is 180 g/mol. The van der Waals surface area contributed by atoms with E-state index in [4.69, 9.17) is 5.11 Å². The Morgan fingerprint density at radius 1 is 1.57 bits per heavy atom. The summed E-state index contributed by atoms with van der Waals surface area (Å²) < 4.78 is 0. The van der Waals surface area contributed by atoms with Gasteiger partial charge in [-0.3, -0.25) is 5.10 Å². The molecule has 0 spiro atoms. The van der Waals surface area contributed by atoms with Gasteiger partial charge in [0.1, 0.15) is 0 Å². The number of nitrogens with zero attached hydrogens (tertiary/aromatic N) is 1. The van der Waals surface area contributed by atoms with Gasteiger partial charge in [-0.15, -0.1) is 0 Å². The third-order valence-corrected chi connectivity index (χ3v) is 2.22. The topological polar surface area (TPSA) is 66.0 Å². The zero-order chi connectivity index (χ0) is 10.1. The fourth-order valence-electron chi connectivity index (χ4n) is 1.48. The van der Waals surface area contributed by atoms with Gasteiger partial charge in [-0.05, 0) is 18.6 Å². The van der Waals surface area contributed by atoms with Gasteiger partial charge in [0.05, 0.1) is 16.8 Å². The third-order valence-electron chi connectivity index (χ3n) is 2.22. The summed E-state index contributed by atoms with van der Waals surface area (Å²) >= 11 is 0. The molecule has 0 saturated heterocycles. The number of H-pyrrole nitrogens is 1. The Labute approximate surface area is 80.6 Å². The highest BCUT2D eigenvalue weighted by atomic mass is 16.4. The summed E-state index contributed by atoms with van der Waals surface area (Å²) in [7, 11) is 0. The predicted octanol–water partition coefficient (Wildman–Crippen LogP) is 1.82. The first-order valence-corrected chi connectivity index (χ1v) is 4.42. The molecule has 4 nitrogen and oxygen atoms in total. The van der Waals surface area contributed by atoms with Crippen LogP contribution in [-0.2, 0) is 6.42 Å². The van der Waals surface area contributed by atoms with Gasteiger partial charge in [-0.1, -0.05) is 13.0 Å². The van der Waals surface area contributed by atoms with E-state index in [0.717, 1.165) is 23.0 Å². The number of hydrogen-bond donors (Lipinski definition) is 2. The predicted molar refractivity (Wildman–Crippen MR) is 52.4 cm³/mol. The zero-order valence-electron chi connectivity index (χ0n) is 7.74. The van der Waals surface area contributed by atoms with Crippen molar-refractivity contribution in [1.82, 2.24) is 10.2 Å². The first-order chi connectivity index (χ1) is 6.72. The van der Waals surface area contributed by atoms with E-state index in [1.807, 2.05) is 6.92 Å². The van der Waals surface area contributed by atoms with Crippen LogP contribution in [0.25, 0.3) is 10.9 Å². The largest absolute Gasteiger partial charge is 0.478 e. The second kappa shape index (κ2) is 3.14. The maximum absolute atomic E-state index is 10.7. The Hall–Kier alpha value is -1.84. The lowest BCUT2D eigenvalue weighted by Crippen LogP contribution is -1.94. The average molecular weight is 190 g/mol. The molecular formula is C10H10N2O2. The molecule has 0 amide bonds. The van der Waals surface area contributed by atoms with Crippen LogP contribution in [0.3, 0.4) is 0 Å². The van der Waals surface area contributed by atoms with Crippen molar-refractivity contribution in [2.75, 3.05) is 0 Å². The third kappa shape index (κ3) is 1.25. The number of nitrogens with one attached hydrogen (secondary N) is 1. The second-order valence-electron chi connectivity index (χ2n) is 3.09. The summed E-state index contributed by atoms with van der Waals surface area (Å²) in [4.78, 5) is 10.7. The highest BCUT2D eigenvalue weighted by Crippen LogP contribution is 2.17. The van der Waals surface area contributed by atoms with Crippen molar-refractivity contribution >= 4 is 16.9 Å². The fourth-order valence-corrected chi connectivity index (χ4v) is 1.48. The number of carboxylic acids is 1. The number of fused-ring (bicyclic) bond motifs is 1. The molecule has 2 N–H and O–H groups in total. The average Bonchev–Trinajstić information content (AvgIpc) is 2.59. The molecule has 2 aromatic rings. The van der Waals surface area contributed by atoms with Gasteiger partial charge in [0.15, 0.2) is 0 Å². The summed E-state index contributed by atoms with van der Waals surface area (Å²) in [5.74, 6) is -0.917. The number of aromatic nitrogens is 2. The van der Waals surface area contributed by atoms with Crippen molar-refractivity contribution in [3.05, 3.63) is 29.5 Å². The maximum atomic E-state index is 10.7. The minimum absolute atomic E-state index is 0.281. The Morgan fingerprint density at radius 3 is 3.00 bits per heavy atom. The van der Waals surface area contributed by atoms with Crippen molar-refractivity contribution in [2.24, 2.45) is 0 Å². The zero-order valence-corrected chi connectivity index (χ0v) is 7.74. The molecule has 4 heteroatoms. The number of carboxylic acid groups (broad SMARTS) is 1. The molecule has 0 radical (unpaired) electrons. The molecule has 1 aromatic carbocycles. The Bertz CT molecular complexity index is 488. The first-order valence-electron chi connectivity index (χ1n) is 4.42. The van der Waals surface area contributed by atoms with E-state index in [9.17, 15) is 4.79 Å². The summed E-state index contributed by atoms with van der Waals surface area (Å²) in [6, 6.07) is 4.99. The number of rotatable bonds is 2. The molecule has 0 aliphatic heterocycles. The van der Waals surface area contributed by atoms with Crippen molar-refractivity contribution in [3.63, 3.8) is 0 Å². The Kier molecular flexibility index (Phi) is 1.96. The molecule has 1 aromatic heterocycles. The van der Waals surface area contributed by atoms with Crippen LogP contribution < -0.4 is 0 Å². The molecule has 0 bridgehead atoms. The number of hydrogen-bond acceptors (Lipinski definition) is 2. The lowest BCUT2D eigenvalue weighted by molar-refractivity contribution is 0.0697. The highest BCUT2D eigenvalue weighted by molar-refractivity contribution is 5.93. The quantitative estimate of drug-likeness (QED) is 0.759. The van der Waals surface area contributed by atoms with Gasteiger partial charge in [0.25, 0.3) is 0 Å².